The maximum atomic E-state index is 12.0. The Balaban J connectivity index is 1.76. The minimum Gasteiger partial charge on any atom is -0.490 e. The molecular formula is C17H22N2O3. The van der Waals surface area contributed by atoms with Crippen LogP contribution in [0.3, 0.4) is 0 Å². The Morgan fingerprint density at radius 2 is 2.05 bits per heavy atom. The molecule has 1 saturated heterocycles. The molecule has 0 radical (unpaired) electrons. The number of likely N-dealkylation sites (tertiary alicyclic amines) is 1. The molecule has 2 heterocycles. The molecule has 0 spiro atoms. The van der Waals surface area contributed by atoms with Gasteiger partial charge in [0, 0.05) is 32.5 Å². The number of piperidine rings is 1. The number of hydrogen-bond donors (Lipinski definition) is 1. The topological polar surface area (TPSA) is 58.6 Å². The van der Waals surface area contributed by atoms with Crippen molar-refractivity contribution in [3.8, 4) is 5.75 Å². The quantitative estimate of drug-likeness (QED) is 0.911. The summed E-state index contributed by atoms with van der Waals surface area (Å²) in [5, 5.41) is 3.51. The summed E-state index contributed by atoms with van der Waals surface area (Å²) in [7, 11) is 0. The zero-order chi connectivity index (χ0) is 15.7. The van der Waals surface area contributed by atoms with E-state index in [0.29, 0.717) is 30.4 Å². The minimum atomic E-state index is 0.139. The molecule has 1 aromatic rings. The summed E-state index contributed by atoms with van der Waals surface area (Å²) in [4.78, 5) is 25.3. The zero-order valence-electron chi connectivity index (χ0n) is 13.1. The molecular weight excluding hydrogens is 280 g/mol. The van der Waals surface area contributed by atoms with Gasteiger partial charge in [-0.3, -0.25) is 9.59 Å². The van der Waals surface area contributed by atoms with Gasteiger partial charge in [-0.05, 0) is 37.5 Å². The maximum absolute atomic E-state index is 12.0. The number of carbonyl (C=O) groups excluding carboxylic acids is 2. The second-order valence-electron chi connectivity index (χ2n) is 6.14. The third-order valence-corrected chi connectivity index (χ3v) is 4.41. The molecule has 22 heavy (non-hydrogen) atoms. The second-order valence-corrected chi connectivity index (χ2v) is 6.14. The van der Waals surface area contributed by atoms with Crippen LogP contribution in [0.5, 0.6) is 5.75 Å². The number of carbonyl (C=O) groups is 2. The molecule has 1 aromatic carbocycles. The number of rotatable bonds is 2. The van der Waals surface area contributed by atoms with Crippen LogP contribution >= 0.6 is 0 Å². The summed E-state index contributed by atoms with van der Waals surface area (Å²) < 4.78 is 5.73. The van der Waals surface area contributed by atoms with Gasteiger partial charge in [-0.25, -0.2) is 0 Å². The highest BCUT2D eigenvalue weighted by atomic mass is 16.5. The Morgan fingerprint density at radius 3 is 2.73 bits per heavy atom. The number of Topliss-reactive ketones (excluding diaryl/α,β-unsaturated/α-hetero) is 1. The Bertz CT molecular complexity index is 604. The fourth-order valence-electron chi connectivity index (χ4n) is 3.18. The predicted octanol–water partition coefficient (Wildman–Crippen LogP) is 2.38. The Labute approximate surface area is 130 Å². The van der Waals surface area contributed by atoms with Crippen LogP contribution in [0.25, 0.3) is 0 Å². The first-order chi connectivity index (χ1) is 10.5. The van der Waals surface area contributed by atoms with Crippen LogP contribution in [-0.4, -0.2) is 42.3 Å². The molecule has 0 aromatic heterocycles. The normalized spacial score (nSPS) is 18.6. The van der Waals surface area contributed by atoms with E-state index in [-0.39, 0.29) is 11.7 Å². The third-order valence-electron chi connectivity index (χ3n) is 4.41. The summed E-state index contributed by atoms with van der Waals surface area (Å²) in [6.45, 7) is 5.61. The van der Waals surface area contributed by atoms with E-state index in [1.807, 2.05) is 24.0 Å². The lowest BCUT2D eigenvalue weighted by atomic mass is 9.99. The number of nitrogens with zero attached hydrogens (tertiary/aromatic N) is 1. The number of hydrogen-bond acceptors (Lipinski definition) is 4. The van der Waals surface area contributed by atoms with E-state index in [0.717, 1.165) is 37.2 Å². The SMILES string of the molecule is CC(=O)N1CCC(Nc2cc(C)cc3c2OCCC3=O)CC1. The van der Waals surface area contributed by atoms with Crippen LogP contribution in [0, 0.1) is 6.92 Å². The second kappa shape index (κ2) is 5.99. The number of aryl methyl sites for hydroxylation is 1. The van der Waals surface area contributed by atoms with Gasteiger partial charge < -0.3 is 15.0 Å². The van der Waals surface area contributed by atoms with Crippen molar-refractivity contribution >= 4 is 17.4 Å². The molecule has 5 nitrogen and oxygen atoms in total. The van der Waals surface area contributed by atoms with Crippen LogP contribution in [0.2, 0.25) is 0 Å². The largest absolute Gasteiger partial charge is 0.490 e. The molecule has 0 unspecified atom stereocenters. The molecule has 0 atom stereocenters. The van der Waals surface area contributed by atoms with Gasteiger partial charge in [0.05, 0.1) is 17.9 Å². The minimum absolute atomic E-state index is 0.139. The fraction of sp³-hybridized carbons (Fsp3) is 0.529. The third kappa shape index (κ3) is 2.93. The summed E-state index contributed by atoms with van der Waals surface area (Å²) in [5.74, 6) is 0.982. The number of nitrogens with one attached hydrogen (secondary N) is 1. The predicted molar refractivity (Wildman–Crippen MR) is 84.5 cm³/mol. The van der Waals surface area contributed by atoms with E-state index >= 15 is 0 Å². The van der Waals surface area contributed by atoms with Gasteiger partial charge in [0.15, 0.2) is 11.5 Å². The molecule has 3 rings (SSSR count). The van der Waals surface area contributed by atoms with Crippen molar-refractivity contribution in [2.75, 3.05) is 25.0 Å². The summed E-state index contributed by atoms with van der Waals surface area (Å²) in [5.41, 5.74) is 2.65. The first-order valence-electron chi connectivity index (χ1n) is 7.87. The average molecular weight is 302 g/mol. The van der Waals surface area contributed by atoms with Gasteiger partial charge in [-0.1, -0.05) is 0 Å². The van der Waals surface area contributed by atoms with E-state index < -0.39 is 0 Å². The molecule has 1 N–H and O–H groups in total. The van der Waals surface area contributed by atoms with Crippen molar-refractivity contribution < 1.29 is 14.3 Å². The molecule has 0 bridgehead atoms. The Kier molecular flexibility index (Phi) is 4.05. The van der Waals surface area contributed by atoms with Crippen molar-refractivity contribution in [1.29, 1.82) is 0 Å². The van der Waals surface area contributed by atoms with Crippen LogP contribution in [0.4, 0.5) is 5.69 Å². The van der Waals surface area contributed by atoms with E-state index in [2.05, 4.69) is 5.32 Å². The van der Waals surface area contributed by atoms with Crippen molar-refractivity contribution in [3.63, 3.8) is 0 Å². The first-order valence-corrected chi connectivity index (χ1v) is 7.87. The van der Waals surface area contributed by atoms with E-state index in [1.165, 1.54) is 0 Å². The van der Waals surface area contributed by atoms with Crippen molar-refractivity contribution in [1.82, 2.24) is 4.90 Å². The van der Waals surface area contributed by atoms with Crippen molar-refractivity contribution in [3.05, 3.63) is 23.3 Å². The van der Waals surface area contributed by atoms with E-state index in [1.54, 1.807) is 6.92 Å². The molecule has 5 heteroatoms. The molecule has 118 valence electrons. The summed E-state index contributed by atoms with van der Waals surface area (Å²) in [6.07, 6.45) is 2.28. The average Bonchev–Trinajstić information content (AvgIpc) is 2.49. The van der Waals surface area contributed by atoms with E-state index in [9.17, 15) is 9.59 Å². The fourth-order valence-corrected chi connectivity index (χ4v) is 3.18. The zero-order valence-corrected chi connectivity index (χ0v) is 13.1. The van der Waals surface area contributed by atoms with Gasteiger partial charge in [-0.2, -0.15) is 0 Å². The molecule has 1 amide bonds. The summed E-state index contributed by atoms with van der Waals surface area (Å²) >= 11 is 0. The maximum Gasteiger partial charge on any atom is 0.219 e. The molecule has 2 aliphatic heterocycles. The molecule has 0 saturated carbocycles. The van der Waals surface area contributed by atoms with Gasteiger partial charge in [0.1, 0.15) is 0 Å². The molecule has 2 aliphatic rings. The standard InChI is InChI=1S/C17H22N2O3/c1-11-9-14-16(21)5-8-22-17(14)15(10-11)18-13-3-6-19(7-4-13)12(2)20/h9-10,13,18H,3-8H2,1-2H3. The lowest BCUT2D eigenvalue weighted by Crippen LogP contribution is -2.41. The number of benzene rings is 1. The smallest absolute Gasteiger partial charge is 0.219 e. The van der Waals surface area contributed by atoms with E-state index in [4.69, 9.17) is 4.74 Å². The molecule has 0 aliphatic carbocycles. The Hall–Kier alpha value is -2.04. The number of ketones is 1. The van der Waals surface area contributed by atoms with Crippen LogP contribution in [0.15, 0.2) is 12.1 Å². The lowest BCUT2D eigenvalue weighted by Gasteiger charge is -2.33. The van der Waals surface area contributed by atoms with Crippen LogP contribution in [-0.2, 0) is 4.79 Å². The lowest BCUT2D eigenvalue weighted by molar-refractivity contribution is -0.129. The number of amides is 1. The first kappa shape index (κ1) is 14.9. The van der Waals surface area contributed by atoms with Crippen molar-refractivity contribution in [2.45, 2.75) is 39.2 Å². The number of fused-ring (bicyclic) bond motifs is 1. The van der Waals surface area contributed by atoms with Gasteiger partial charge >= 0.3 is 0 Å². The van der Waals surface area contributed by atoms with Gasteiger partial charge in [-0.15, -0.1) is 0 Å². The van der Waals surface area contributed by atoms with Gasteiger partial charge in [0.2, 0.25) is 5.91 Å². The highest BCUT2D eigenvalue weighted by Gasteiger charge is 2.25. The molecule has 1 fully saturated rings. The highest BCUT2D eigenvalue weighted by molar-refractivity contribution is 6.01. The van der Waals surface area contributed by atoms with Crippen LogP contribution in [0.1, 0.15) is 42.1 Å². The highest BCUT2D eigenvalue weighted by Crippen LogP contribution is 2.35. The Morgan fingerprint density at radius 1 is 1.32 bits per heavy atom. The number of ether oxygens (including phenoxy) is 1. The van der Waals surface area contributed by atoms with Crippen LogP contribution < -0.4 is 10.1 Å². The van der Waals surface area contributed by atoms with Crippen molar-refractivity contribution in [2.24, 2.45) is 0 Å². The number of anilines is 1. The summed E-state index contributed by atoms with van der Waals surface area (Å²) in [6, 6.07) is 4.25. The monoisotopic (exact) mass is 302 g/mol. The van der Waals surface area contributed by atoms with Gasteiger partial charge in [0.25, 0.3) is 0 Å².